The zero-order valence-electron chi connectivity index (χ0n) is 12.2. The summed E-state index contributed by atoms with van der Waals surface area (Å²) in [4.78, 5) is 0. The second kappa shape index (κ2) is 6.95. The van der Waals surface area contributed by atoms with Crippen molar-refractivity contribution in [1.29, 1.82) is 0 Å². The molecule has 4 heteroatoms. The molecule has 1 aromatic carbocycles. The molecule has 3 atom stereocenters. The van der Waals surface area contributed by atoms with Crippen LogP contribution in [0.5, 0.6) is 11.5 Å². The van der Waals surface area contributed by atoms with Crippen LogP contribution in [0, 0.1) is 5.92 Å². The third kappa shape index (κ3) is 3.07. The topological polar surface area (TPSA) is 58.9 Å². The molecule has 0 radical (unpaired) electrons. The Hall–Kier alpha value is -1.26. The van der Waals surface area contributed by atoms with E-state index in [2.05, 4.69) is 0 Å². The minimum absolute atomic E-state index is 0.111. The molecule has 2 rings (SSSR count). The summed E-state index contributed by atoms with van der Waals surface area (Å²) in [6.45, 7) is 0.139. The highest BCUT2D eigenvalue weighted by Crippen LogP contribution is 2.40. The van der Waals surface area contributed by atoms with Gasteiger partial charge in [0.05, 0.1) is 20.3 Å². The summed E-state index contributed by atoms with van der Waals surface area (Å²) in [7, 11) is 3.23. The summed E-state index contributed by atoms with van der Waals surface area (Å²) in [5, 5.41) is 19.6. The van der Waals surface area contributed by atoms with Crippen molar-refractivity contribution in [1.82, 2.24) is 0 Å². The van der Waals surface area contributed by atoms with Crippen molar-refractivity contribution in [2.24, 2.45) is 5.92 Å². The molecule has 0 saturated heterocycles. The third-order valence-electron chi connectivity index (χ3n) is 4.32. The summed E-state index contributed by atoms with van der Waals surface area (Å²) in [5.74, 6) is 1.70. The van der Waals surface area contributed by atoms with Gasteiger partial charge in [-0.2, -0.15) is 0 Å². The molecule has 3 unspecified atom stereocenters. The summed E-state index contributed by atoms with van der Waals surface area (Å²) in [6, 6.07) is 5.83. The number of hydrogen-bond acceptors (Lipinski definition) is 4. The molecule has 0 heterocycles. The van der Waals surface area contributed by atoms with Crippen LogP contribution in [0.15, 0.2) is 18.2 Å². The summed E-state index contributed by atoms with van der Waals surface area (Å²) in [6.07, 6.45) is 3.32. The van der Waals surface area contributed by atoms with E-state index in [0.29, 0.717) is 17.9 Å². The lowest BCUT2D eigenvalue weighted by Crippen LogP contribution is -2.32. The highest BCUT2D eigenvalue weighted by atomic mass is 16.5. The highest BCUT2D eigenvalue weighted by Gasteiger charge is 2.32. The Morgan fingerprint density at radius 2 is 1.90 bits per heavy atom. The van der Waals surface area contributed by atoms with Crippen molar-refractivity contribution in [2.45, 2.75) is 37.7 Å². The molecule has 20 heavy (non-hydrogen) atoms. The molecule has 1 aliphatic carbocycles. The van der Waals surface area contributed by atoms with E-state index in [1.165, 1.54) is 0 Å². The van der Waals surface area contributed by atoms with E-state index in [0.717, 1.165) is 24.8 Å². The van der Waals surface area contributed by atoms with Gasteiger partial charge in [-0.15, -0.1) is 0 Å². The maximum absolute atomic E-state index is 10.5. The first-order valence-electron chi connectivity index (χ1n) is 7.22. The lowest BCUT2D eigenvalue weighted by molar-refractivity contribution is 0.0361. The standard InChI is InChI=1S/C16H24O4/c1-19-14-7-6-12(10-15(14)20-2)13-5-3-4-11(8-9-17)16(13)18/h6-7,10-11,13,16-18H,3-5,8-9H2,1-2H3. The van der Waals surface area contributed by atoms with Gasteiger partial charge in [0.15, 0.2) is 11.5 Å². The van der Waals surface area contributed by atoms with E-state index in [1.54, 1.807) is 14.2 Å². The van der Waals surface area contributed by atoms with Gasteiger partial charge in [-0.25, -0.2) is 0 Å². The average molecular weight is 280 g/mol. The Bertz CT molecular complexity index is 430. The molecule has 0 aromatic heterocycles. The Labute approximate surface area is 120 Å². The lowest BCUT2D eigenvalue weighted by atomic mass is 9.74. The van der Waals surface area contributed by atoms with Gasteiger partial charge < -0.3 is 19.7 Å². The van der Waals surface area contributed by atoms with Crippen molar-refractivity contribution in [3.8, 4) is 11.5 Å². The number of methoxy groups -OCH3 is 2. The van der Waals surface area contributed by atoms with Gasteiger partial charge in [0.25, 0.3) is 0 Å². The molecule has 0 amide bonds. The first-order chi connectivity index (χ1) is 9.71. The van der Waals surface area contributed by atoms with Gasteiger partial charge in [-0.3, -0.25) is 0 Å². The zero-order valence-corrected chi connectivity index (χ0v) is 12.2. The fourth-order valence-corrected chi connectivity index (χ4v) is 3.20. The summed E-state index contributed by atoms with van der Waals surface area (Å²) >= 11 is 0. The normalized spacial score (nSPS) is 26.3. The number of benzene rings is 1. The van der Waals surface area contributed by atoms with Crippen LogP contribution >= 0.6 is 0 Å². The molecule has 1 fully saturated rings. The van der Waals surface area contributed by atoms with E-state index in [1.807, 2.05) is 18.2 Å². The van der Waals surface area contributed by atoms with Gasteiger partial charge in [0, 0.05) is 12.5 Å². The van der Waals surface area contributed by atoms with Gasteiger partial charge in [-0.05, 0) is 42.9 Å². The first-order valence-corrected chi connectivity index (χ1v) is 7.22. The van der Waals surface area contributed by atoms with Crippen molar-refractivity contribution >= 4 is 0 Å². The fraction of sp³-hybridized carbons (Fsp3) is 0.625. The third-order valence-corrected chi connectivity index (χ3v) is 4.32. The molecule has 0 aliphatic heterocycles. The van der Waals surface area contributed by atoms with Crippen LogP contribution in [0.2, 0.25) is 0 Å². The summed E-state index contributed by atoms with van der Waals surface area (Å²) in [5.41, 5.74) is 1.08. The van der Waals surface area contributed by atoms with Gasteiger partial charge >= 0.3 is 0 Å². The van der Waals surface area contributed by atoms with Crippen LogP contribution in [0.25, 0.3) is 0 Å². The maximum Gasteiger partial charge on any atom is 0.160 e. The number of rotatable bonds is 5. The molecule has 1 aromatic rings. The van der Waals surface area contributed by atoms with E-state index in [9.17, 15) is 5.11 Å². The molecule has 4 nitrogen and oxygen atoms in total. The molecular weight excluding hydrogens is 256 g/mol. The molecule has 1 aliphatic rings. The minimum Gasteiger partial charge on any atom is -0.493 e. The Balaban J connectivity index is 2.21. The van der Waals surface area contributed by atoms with E-state index in [-0.39, 0.29) is 18.4 Å². The van der Waals surface area contributed by atoms with Crippen molar-refractivity contribution in [2.75, 3.05) is 20.8 Å². The van der Waals surface area contributed by atoms with Gasteiger partial charge in [0.1, 0.15) is 0 Å². The number of aliphatic hydroxyl groups excluding tert-OH is 2. The minimum atomic E-state index is -0.394. The second-order valence-electron chi connectivity index (χ2n) is 5.41. The second-order valence-corrected chi connectivity index (χ2v) is 5.41. The van der Waals surface area contributed by atoms with Crippen molar-refractivity contribution in [3.05, 3.63) is 23.8 Å². The van der Waals surface area contributed by atoms with Crippen LogP contribution < -0.4 is 9.47 Å². The number of hydrogen-bond donors (Lipinski definition) is 2. The van der Waals surface area contributed by atoms with E-state index < -0.39 is 6.10 Å². The number of ether oxygens (including phenoxy) is 2. The van der Waals surface area contributed by atoms with E-state index >= 15 is 0 Å². The SMILES string of the molecule is COc1ccc(C2CCCC(CCO)C2O)cc1OC. The molecule has 0 spiro atoms. The van der Waals surface area contributed by atoms with Crippen LogP contribution in [0.4, 0.5) is 0 Å². The Morgan fingerprint density at radius 3 is 2.55 bits per heavy atom. The van der Waals surface area contributed by atoms with Gasteiger partial charge in [-0.1, -0.05) is 12.5 Å². The van der Waals surface area contributed by atoms with Crippen LogP contribution in [-0.4, -0.2) is 37.1 Å². The average Bonchev–Trinajstić information content (AvgIpc) is 2.49. The monoisotopic (exact) mass is 280 g/mol. The molecule has 112 valence electrons. The van der Waals surface area contributed by atoms with Crippen LogP contribution in [0.1, 0.15) is 37.2 Å². The lowest BCUT2D eigenvalue weighted by Gasteiger charge is -2.35. The largest absolute Gasteiger partial charge is 0.493 e. The highest BCUT2D eigenvalue weighted by molar-refractivity contribution is 5.44. The molecule has 1 saturated carbocycles. The Morgan fingerprint density at radius 1 is 1.15 bits per heavy atom. The summed E-state index contributed by atoms with van der Waals surface area (Å²) < 4.78 is 10.6. The quantitative estimate of drug-likeness (QED) is 0.869. The molecule has 0 bridgehead atoms. The number of aliphatic hydroxyl groups is 2. The van der Waals surface area contributed by atoms with Crippen LogP contribution in [0.3, 0.4) is 0 Å². The van der Waals surface area contributed by atoms with E-state index in [4.69, 9.17) is 14.6 Å². The maximum atomic E-state index is 10.5. The first kappa shape index (κ1) is 15.1. The predicted octanol–water partition coefficient (Wildman–Crippen LogP) is 2.33. The van der Waals surface area contributed by atoms with Gasteiger partial charge in [0.2, 0.25) is 0 Å². The smallest absolute Gasteiger partial charge is 0.160 e. The zero-order chi connectivity index (χ0) is 14.5. The predicted molar refractivity (Wildman–Crippen MR) is 77.3 cm³/mol. The Kier molecular flexibility index (Phi) is 5.26. The van der Waals surface area contributed by atoms with Crippen LogP contribution in [-0.2, 0) is 0 Å². The fourth-order valence-electron chi connectivity index (χ4n) is 3.20. The van der Waals surface area contributed by atoms with Crippen molar-refractivity contribution < 1.29 is 19.7 Å². The van der Waals surface area contributed by atoms with Crippen molar-refractivity contribution in [3.63, 3.8) is 0 Å². The molecular formula is C16H24O4. The molecule has 2 N–H and O–H groups in total.